The van der Waals surface area contributed by atoms with E-state index in [-0.39, 0.29) is 12.1 Å². The molecule has 0 fully saturated rings. The van der Waals surface area contributed by atoms with E-state index in [1.807, 2.05) is 30.2 Å². The summed E-state index contributed by atoms with van der Waals surface area (Å²) in [7, 11) is 0. The van der Waals surface area contributed by atoms with Crippen molar-refractivity contribution in [3.05, 3.63) is 51.5 Å². The maximum Gasteiger partial charge on any atom is 0.318 e. The fourth-order valence-corrected chi connectivity index (χ4v) is 3.89. The zero-order valence-corrected chi connectivity index (χ0v) is 13.8. The molecule has 2 aromatic rings. The predicted octanol–water partition coefficient (Wildman–Crippen LogP) is 3.67. The molecule has 0 aliphatic carbocycles. The van der Waals surface area contributed by atoms with Crippen molar-refractivity contribution in [2.45, 2.75) is 39.3 Å². The van der Waals surface area contributed by atoms with Gasteiger partial charge in [-0.05, 0) is 48.4 Å². The van der Waals surface area contributed by atoms with Crippen molar-refractivity contribution in [3.8, 4) is 0 Å². The highest BCUT2D eigenvalue weighted by atomic mass is 32.1. The number of hydrogen-bond acceptors (Lipinski definition) is 3. The van der Waals surface area contributed by atoms with Crippen LogP contribution < -0.4 is 5.32 Å². The van der Waals surface area contributed by atoms with Crippen LogP contribution in [0.4, 0.5) is 4.79 Å². The van der Waals surface area contributed by atoms with Crippen LogP contribution in [0.3, 0.4) is 0 Å². The van der Waals surface area contributed by atoms with Crippen molar-refractivity contribution in [1.29, 1.82) is 0 Å². The van der Waals surface area contributed by atoms with Crippen LogP contribution in [-0.2, 0) is 13.0 Å². The quantitative estimate of drug-likeness (QED) is 0.939. The van der Waals surface area contributed by atoms with E-state index < -0.39 is 0 Å². The molecule has 1 N–H and O–H groups in total. The largest absolute Gasteiger partial charge is 0.334 e. The lowest BCUT2D eigenvalue weighted by Crippen LogP contribution is -2.44. The van der Waals surface area contributed by atoms with Gasteiger partial charge in [-0.1, -0.05) is 13.0 Å². The Bertz CT molecular complexity index is 650. The van der Waals surface area contributed by atoms with Crippen molar-refractivity contribution in [2.75, 3.05) is 6.54 Å². The fourth-order valence-electron chi connectivity index (χ4n) is 2.96. The van der Waals surface area contributed by atoms with E-state index in [9.17, 15) is 4.79 Å². The fraction of sp³-hybridized carbons (Fsp3) is 0.412. The summed E-state index contributed by atoms with van der Waals surface area (Å²) in [5, 5.41) is 5.16. The van der Waals surface area contributed by atoms with Gasteiger partial charge in [0.05, 0.1) is 6.04 Å². The molecule has 3 rings (SSSR count). The first-order valence-electron chi connectivity index (χ1n) is 7.71. The molecule has 0 saturated carbocycles. The third-order valence-corrected chi connectivity index (χ3v) is 5.16. The second-order valence-electron chi connectivity index (χ2n) is 5.63. The smallest absolute Gasteiger partial charge is 0.318 e. The summed E-state index contributed by atoms with van der Waals surface area (Å²) in [6.07, 6.45) is 3.73. The third kappa shape index (κ3) is 2.99. The van der Waals surface area contributed by atoms with Crippen molar-refractivity contribution in [2.24, 2.45) is 0 Å². The Labute approximate surface area is 135 Å². The number of hydrogen-bond donors (Lipinski definition) is 1. The van der Waals surface area contributed by atoms with Crippen LogP contribution in [0.1, 0.15) is 41.1 Å². The molecule has 2 aromatic heterocycles. The number of nitrogens with one attached hydrogen (secondary N) is 1. The number of carbonyl (C=O) groups is 1. The second kappa shape index (κ2) is 6.48. The van der Waals surface area contributed by atoms with E-state index in [0.29, 0.717) is 6.54 Å². The Kier molecular flexibility index (Phi) is 4.43. The van der Waals surface area contributed by atoms with Gasteiger partial charge >= 0.3 is 6.03 Å². The van der Waals surface area contributed by atoms with Crippen molar-refractivity contribution < 1.29 is 4.79 Å². The summed E-state index contributed by atoms with van der Waals surface area (Å²) in [5.74, 6) is 0. The lowest BCUT2D eigenvalue weighted by atomic mass is 9.98. The highest BCUT2D eigenvalue weighted by Gasteiger charge is 2.30. The number of carbonyl (C=O) groups excluding carboxylic acids is 1. The molecule has 0 unspecified atom stereocenters. The van der Waals surface area contributed by atoms with Crippen LogP contribution >= 0.6 is 11.3 Å². The van der Waals surface area contributed by atoms with Gasteiger partial charge in [0.25, 0.3) is 0 Å². The van der Waals surface area contributed by atoms with Gasteiger partial charge in [0.15, 0.2) is 0 Å². The van der Waals surface area contributed by atoms with E-state index >= 15 is 0 Å². The summed E-state index contributed by atoms with van der Waals surface area (Å²) >= 11 is 1.80. The number of nitrogens with zero attached hydrogens (tertiary/aromatic N) is 2. The van der Waals surface area contributed by atoms with Gasteiger partial charge in [-0.15, -0.1) is 11.3 Å². The van der Waals surface area contributed by atoms with Gasteiger partial charge in [0.1, 0.15) is 0 Å². The predicted molar refractivity (Wildman–Crippen MR) is 89.0 cm³/mol. The highest BCUT2D eigenvalue weighted by molar-refractivity contribution is 7.10. The van der Waals surface area contributed by atoms with Crippen LogP contribution in [0.25, 0.3) is 0 Å². The van der Waals surface area contributed by atoms with E-state index in [4.69, 9.17) is 0 Å². The molecule has 0 radical (unpaired) electrons. The molecule has 0 aromatic carbocycles. The Balaban J connectivity index is 1.66. The molecule has 116 valence electrons. The van der Waals surface area contributed by atoms with E-state index in [0.717, 1.165) is 30.6 Å². The summed E-state index contributed by atoms with van der Waals surface area (Å²) in [6.45, 7) is 5.42. The van der Waals surface area contributed by atoms with Crippen LogP contribution in [0.2, 0.25) is 0 Å². The average Bonchev–Trinajstić information content (AvgIpc) is 3.01. The second-order valence-corrected chi connectivity index (χ2v) is 6.63. The first-order chi connectivity index (χ1) is 10.7. The van der Waals surface area contributed by atoms with Crippen molar-refractivity contribution in [3.63, 3.8) is 0 Å². The molecule has 1 atom stereocenters. The summed E-state index contributed by atoms with van der Waals surface area (Å²) in [6, 6.07) is 6.36. The number of rotatable bonds is 3. The number of fused-ring (bicyclic) bond motifs is 1. The van der Waals surface area contributed by atoms with Gasteiger partial charge in [-0.3, -0.25) is 4.98 Å². The van der Waals surface area contributed by atoms with Gasteiger partial charge in [0, 0.05) is 29.9 Å². The minimum Gasteiger partial charge on any atom is -0.334 e. The molecule has 0 spiro atoms. The first-order valence-corrected chi connectivity index (χ1v) is 8.59. The van der Waals surface area contributed by atoms with E-state index in [2.05, 4.69) is 28.7 Å². The number of aryl methyl sites for hydroxylation is 1. The number of pyridine rings is 1. The van der Waals surface area contributed by atoms with Crippen LogP contribution in [0, 0.1) is 6.92 Å². The molecule has 22 heavy (non-hydrogen) atoms. The summed E-state index contributed by atoms with van der Waals surface area (Å²) < 4.78 is 0. The monoisotopic (exact) mass is 315 g/mol. The summed E-state index contributed by atoms with van der Waals surface area (Å²) in [5.41, 5.74) is 3.34. The Morgan fingerprint density at radius 1 is 1.45 bits per heavy atom. The number of urea groups is 1. The zero-order chi connectivity index (χ0) is 15.5. The standard InChI is InChI=1S/C17H21N3OS/c1-3-15-14-7-9-22-16(14)6-8-20(15)17(21)19-11-13-5-4-12(2)18-10-13/h4-5,7,9-10,15H,3,6,8,11H2,1-2H3,(H,19,21)/t15-/m0/s1. The van der Waals surface area contributed by atoms with Crippen LogP contribution in [0.5, 0.6) is 0 Å². The normalized spacial score (nSPS) is 17.2. The van der Waals surface area contributed by atoms with Gasteiger partial charge < -0.3 is 10.2 Å². The van der Waals surface area contributed by atoms with E-state index in [1.54, 1.807) is 11.3 Å². The topological polar surface area (TPSA) is 45.2 Å². The van der Waals surface area contributed by atoms with Crippen LogP contribution in [0.15, 0.2) is 29.8 Å². The third-order valence-electron chi connectivity index (χ3n) is 4.16. The first kappa shape index (κ1) is 15.0. The molecular formula is C17H21N3OS. The molecule has 5 heteroatoms. The molecule has 2 amide bonds. The molecule has 1 aliphatic rings. The van der Waals surface area contributed by atoms with Gasteiger partial charge in [-0.2, -0.15) is 0 Å². The van der Waals surface area contributed by atoms with Crippen molar-refractivity contribution >= 4 is 17.4 Å². The van der Waals surface area contributed by atoms with Crippen molar-refractivity contribution in [1.82, 2.24) is 15.2 Å². The number of aromatic nitrogens is 1. The molecule has 1 aliphatic heterocycles. The Morgan fingerprint density at radius 2 is 2.32 bits per heavy atom. The summed E-state index contributed by atoms with van der Waals surface area (Å²) in [4.78, 5) is 20.2. The lowest BCUT2D eigenvalue weighted by Gasteiger charge is -2.35. The Morgan fingerprint density at radius 3 is 3.05 bits per heavy atom. The molecule has 0 bridgehead atoms. The highest BCUT2D eigenvalue weighted by Crippen LogP contribution is 2.35. The minimum atomic E-state index is 0.0178. The zero-order valence-electron chi connectivity index (χ0n) is 13.0. The van der Waals surface area contributed by atoms with Gasteiger partial charge in [0.2, 0.25) is 0 Å². The van der Waals surface area contributed by atoms with Crippen LogP contribution in [-0.4, -0.2) is 22.5 Å². The molecule has 0 saturated heterocycles. The van der Waals surface area contributed by atoms with E-state index in [1.165, 1.54) is 10.4 Å². The molecule has 3 heterocycles. The molecule has 4 nitrogen and oxygen atoms in total. The maximum atomic E-state index is 12.5. The average molecular weight is 315 g/mol. The molecular weight excluding hydrogens is 294 g/mol. The number of thiophene rings is 1. The SMILES string of the molecule is CC[C@H]1c2ccsc2CCN1C(=O)NCc1ccc(C)nc1. The lowest BCUT2D eigenvalue weighted by molar-refractivity contribution is 0.167. The Hall–Kier alpha value is -1.88. The number of amides is 2. The maximum absolute atomic E-state index is 12.5. The van der Waals surface area contributed by atoms with Gasteiger partial charge in [-0.25, -0.2) is 4.79 Å². The minimum absolute atomic E-state index is 0.0178.